The van der Waals surface area contributed by atoms with Crippen LogP contribution in [0.15, 0.2) is 18.2 Å². The Morgan fingerprint density at radius 1 is 1.52 bits per heavy atom. The molecule has 0 saturated heterocycles. The molecule has 0 bridgehead atoms. The number of nitrogens with two attached hydrogens (primary N) is 1. The number of nitrogens with one attached hydrogen (secondary N) is 1. The zero-order chi connectivity index (χ0) is 15.2. The molecule has 116 valence electrons. The molecule has 0 fully saturated rings. The van der Waals surface area contributed by atoms with E-state index in [1.807, 2.05) is 19.1 Å². The van der Waals surface area contributed by atoms with Crippen molar-refractivity contribution >= 4 is 5.91 Å². The van der Waals surface area contributed by atoms with E-state index in [0.717, 1.165) is 24.8 Å². The zero-order valence-electron chi connectivity index (χ0n) is 12.7. The molecule has 1 amide bonds. The molecular weight excluding hydrogens is 268 g/mol. The number of carbonyl (C=O) groups excluding carboxylic acids is 1. The van der Waals surface area contributed by atoms with E-state index >= 15 is 0 Å². The number of carbonyl (C=O) groups is 1. The number of rotatable bonds is 6. The molecule has 21 heavy (non-hydrogen) atoms. The third-order valence-corrected chi connectivity index (χ3v) is 3.67. The molecule has 2 atom stereocenters. The average Bonchev–Trinajstić information content (AvgIpc) is 2.46. The molecule has 0 radical (unpaired) electrons. The first kappa shape index (κ1) is 15.8. The molecule has 1 unspecified atom stereocenters. The summed E-state index contributed by atoms with van der Waals surface area (Å²) in [6.07, 6.45) is 3.21. The first-order valence-corrected chi connectivity index (χ1v) is 7.39. The van der Waals surface area contributed by atoms with Gasteiger partial charge in [-0.1, -0.05) is 6.07 Å². The molecule has 0 spiro atoms. The number of amides is 1. The number of methoxy groups -OCH3 is 1. The standard InChI is InChI=1S/C16H24N2O3/c1-11(9-20-2)18-16(19)10-21-13-7-6-12-4-3-5-15(17)14(12)8-13/h6-8,11,15H,3-5,9-10,17H2,1-2H3,(H,18,19)/t11?,15-/m0/s1. The van der Waals surface area contributed by atoms with Gasteiger partial charge in [-0.05, 0) is 49.4 Å². The lowest BCUT2D eigenvalue weighted by Gasteiger charge is -2.22. The van der Waals surface area contributed by atoms with E-state index in [9.17, 15) is 4.79 Å². The Morgan fingerprint density at radius 2 is 2.33 bits per heavy atom. The van der Waals surface area contributed by atoms with Crippen LogP contribution in [0.4, 0.5) is 0 Å². The second-order valence-electron chi connectivity index (χ2n) is 5.57. The van der Waals surface area contributed by atoms with Crippen molar-refractivity contribution in [1.82, 2.24) is 5.32 Å². The van der Waals surface area contributed by atoms with Gasteiger partial charge in [0.05, 0.1) is 6.61 Å². The topological polar surface area (TPSA) is 73.6 Å². The van der Waals surface area contributed by atoms with Crippen LogP contribution in [0.2, 0.25) is 0 Å². The highest BCUT2D eigenvalue weighted by atomic mass is 16.5. The lowest BCUT2D eigenvalue weighted by Crippen LogP contribution is -2.38. The Bertz CT molecular complexity index is 490. The molecule has 0 aromatic heterocycles. The number of hydrogen-bond acceptors (Lipinski definition) is 4. The van der Waals surface area contributed by atoms with Crippen LogP contribution >= 0.6 is 0 Å². The van der Waals surface area contributed by atoms with Gasteiger partial charge in [0, 0.05) is 19.2 Å². The van der Waals surface area contributed by atoms with E-state index in [2.05, 4.69) is 11.4 Å². The predicted molar refractivity (Wildman–Crippen MR) is 81.3 cm³/mol. The summed E-state index contributed by atoms with van der Waals surface area (Å²) in [6, 6.07) is 5.97. The molecule has 1 aromatic carbocycles. The Morgan fingerprint density at radius 3 is 3.10 bits per heavy atom. The van der Waals surface area contributed by atoms with Crippen LogP contribution in [-0.4, -0.2) is 32.3 Å². The number of ether oxygens (including phenoxy) is 2. The monoisotopic (exact) mass is 292 g/mol. The highest BCUT2D eigenvalue weighted by Gasteiger charge is 2.17. The van der Waals surface area contributed by atoms with Gasteiger partial charge in [0.2, 0.25) is 0 Å². The molecule has 5 heteroatoms. The number of aryl methyl sites for hydroxylation is 1. The van der Waals surface area contributed by atoms with Crippen molar-refractivity contribution in [1.29, 1.82) is 0 Å². The van der Waals surface area contributed by atoms with Gasteiger partial charge in [0.15, 0.2) is 6.61 Å². The normalized spacial score (nSPS) is 18.7. The van der Waals surface area contributed by atoms with E-state index in [-0.39, 0.29) is 24.6 Å². The summed E-state index contributed by atoms with van der Waals surface area (Å²) in [5.74, 6) is 0.544. The first-order chi connectivity index (χ1) is 10.1. The van der Waals surface area contributed by atoms with Gasteiger partial charge in [-0.3, -0.25) is 4.79 Å². The van der Waals surface area contributed by atoms with Crippen molar-refractivity contribution in [2.75, 3.05) is 20.3 Å². The Hall–Kier alpha value is -1.59. The number of benzene rings is 1. The summed E-state index contributed by atoms with van der Waals surface area (Å²) < 4.78 is 10.5. The minimum atomic E-state index is -0.151. The van der Waals surface area contributed by atoms with Crippen LogP contribution in [0.3, 0.4) is 0 Å². The van der Waals surface area contributed by atoms with E-state index in [0.29, 0.717) is 12.4 Å². The van der Waals surface area contributed by atoms with Gasteiger partial charge in [-0.15, -0.1) is 0 Å². The summed E-state index contributed by atoms with van der Waals surface area (Å²) in [6.45, 7) is 2.38. The second kappa shape index (κ2) is 7.43. The SMILES string of the molecule is COCC(C)NC(=O)COc1ccc2c(c1)[C@@H](N)CCC2. The van der Waals surface area contributed by atoms with Gasteiger partial charge < -0.3 is 20.5 Å². The minimum absolute atomic E-state index is 0.00206. The molecule has 3 N–H and O–H groups in total. The summed E-state index contributed by atoms with van der Waals surface area (Å²) in [4.78, 5) is 11.7. The van der Waals surface area contributed by atoms with Crippen molar-refractivity contribution in [2.24, 2.45) is 5.73 Å². The quantitative estimate of drug-likeness (QED) is 0.834. The smallest absolute Gasteiger partial charge is 0.258 e. The lowest BCUT2D eigenvalue weighted by atomic mass is 9.88. The minimum Gasteiger partial charge on any atom is -0.484 e. The fraction of sp³-hybridized carbons (Fsp3) is 0.562. The van der Waals surface area contributed by atoms with Crippen LogP contribution in [0.1, 0.15) is 36.9 Å². The summed E-state index contributed by atoms with van der Waals surface area (Å²) in [7, 11) is 1.61. The van der Waals surface area contributed by atoms with Gasteiger partial charge in [0.25, 0.3) is 5.91 Å². The van der Waals surface area contributed by atoms with Crippen LogP contribution in [-0.2, 0) is 16.0 Å². The summed E-state index contributed by atoms with van der Waals surface area (Å²) in [5, 5.41) is 2.81. The maximum Gasteiger partial charge on any atom is 0.258 e. The molecular formula is C16H24N2O3. The maximum atomic E-state index is 11.7. The zero-order valence-corrected chi connectivity index (χ0v) is 12.7. The molecule has 2 rings (SSSR count). The largest absolute Gasteiger partial charge is 0.484 e. The Balaban J connectivity index is 1.89. The molecule has 0 heterocycles. The third kappa shape index (κ3) is 4.44. The van der Waals surface area contributed by atoms with E-state index in [4.69, 9.17) is 15.2 Å². The van der Waals surface area contributed by atoms with Crippen molar-refractivity contribution in [3.8, 4) is 5.75 Å². The first-order valence-electron chi connectivity index (χ1n) is 7.39. The summed E-state index contributed by atoms with van der Waals surface area (Å²) in [5.41, 5.74) is 8.56. The van der Waals surface area contributed by atoms with E-state index in [1.165, 1.54) is 5.56 Å². The fourth-order valence-electron chi connectivity index (χ4n) is 2.66. The van der Waals surface area contributed by atoms with Crippen molar-refractivity contribution in [3.63, 3.8) is 0 Å². The molecule has 5 nitrogen and oxygen atoms in total. The molecule has 1 aliphatic rings. The van der Waals surface area contributed by atoms with Crippen LogP contribution in [0.5, 0.6) is 5.75 Å². The molecule has 0 saturated carbocycles. The van der Waals surface area contributed by atoms with Crippen molar-refractivity contribution in [2.45, 2.75) is 38.3 Å². The summed E-state index contributed by atoms with van der Waals surface area (Å²) >= 11 is 0. The second-order valence-corrected chi connectivity index (χ2v) is 5.57. The van der Waals surface area contributed by atoms with Crippen molar-refractivity contribution < 1.29 is 14.3 Å². The number of fused-ring (bicyclic) bond motifs is 1. The highest BCUT2D eigenvalue weighted by molar-refractivity contribution is 5.77. The van der Waals surface area contributed by atoms with Gasteiger partial charge in [-0.2, -0.15) is 0 Å². The predicted octanol–water partition coefficient (Wildman–Crippen LogP) is 1.55. The van der Waals surface area contributed by atoms with Gasteiger partial charge in [-0.25, -0.2) is 0 Å². The van der Waals surface area contributed by atoms with Gasteiger partial charge in [0.1, 0.15) is 5.75 Å². The fourth-order valence-corrected chi connectivity index (χ4v) is 2.66. The average molecular weight is 292 g/mol. The van der Waals surface area contributed by atoms with E-state index in [1.54, 1.807) is 7.11 Å². The molecule has 1 aliphatic carbocycles. The van der Waals surface area contributed by atoms with Crippen molar-refractivity contribution in [3.05, 3.63) is 29.3 Å². The lowest BCUT2D eigenvalue weighted by molar-refractivity contribution is -0.124. The van der Waals surface area contributed by atoms with Crippen LogP contribution < -0.4 is 15.8 Å². The highest BCUT2D eigenvalue weighted by Crippen LogP contribution is 2.30. The maximum absolute atomic E-state index is 11.7. The Kier molecular flexibility index (Phi) is 5.59. The van der Waals surface area contributed by atoms with Crippen LogP contribution in [0, 0.1) is 0 Å². The molecule has 1 aromatic rings. The number of hydrogen-bond donors (Lipinski definition) is 2. The van der Waals surface area contributed by atoms with E-state index < -0.39 is 0 Å². The van der Waals surface area contributed by atoms with Crippen LogP contribution in [0.25, 0.3) is 0 Å². The third-order valence-electron chi connectivity index (χ3n) is 3.67. The molecule has 0 aliphatic heterocycles. The van der Waals surface area contributed by atoms with Gasteiger partial charge >= 0.3 is 0 Å². The Labute approximate surface area is 125 Å².